The third-order valence-corrected chi connectivity index (χ3v) is 5.10. The summed E-state index contributed by atoms with van der Waals surface area (Å²) in [5.41, 5.74) is 1.50. The van der Waals surface area contributed by atoms with E-state index in [4.69, 9.17) is 16.3 Å². The number of rotatable bonds is 9. The van der Waals surface area contributed by atoms with Gasteiger partial charge in [0.1, 0.15) is 5.75 Å². The molecular formula is C21H21ClN4O2S. The molecule has 8 heteroatoms. The van der Waals surface area contributed by atoms with Gasteiger partial charge in [-0.3, -0.25) is 9.36 Å². The number of para-hydroxylation sites is 1. The van der Waals surface area contributed by atoms with Crippen LogP contribution in [0.5, 0.6) is 5.75 Å². The van der Waals surface area contributed by atoms with Gasteiger partial charge >= 0.3 is 0 Å². The minimum absolute atomic E-state index is 0.151. The van der Waals surface area contributed by atoms with E-state index in [-0.39, 0.29) is 11.7 Å². The van der Waals surface area contributed by atoms with E-state index < -0.39 is 0 Å². The first kappa shape index (κ1) is 21.0. The fourth-order valence-corrected chi connectivity index (χ4v) is 3.65. The van der Waals surface area contributed by atoms with Crippen molar-refractivity contribution in [2.24, 2.45) is 0 Å². The monoisotopic (exact) mass is 428 g/mol. The average molecular weight is 429 g/mol. The van der Waals surface area contributed by atoms with Crippen LogP contribution in [0.25, 0.3) is 11.4 Å². The van der Waals surface area contributed by atoms with Crippen LogP contribution in [0.15, 0.2) is 66.3 Å². The van der Waals surface area contributed by atoms with Gasteiger partial charge in [0.15, 0.2) is 11.0 Å². The van der Waals surface area contributed by atoms with Crippen LogP contribution in [0, 0.1) is 0 Å². The van der Waals surface area contributed by atoms with Crippen LogP contribution in [0.4, 0.5) is 5.69 Å². The second-order valence-corrected chi connectivity index (χ2v) is 7.36. The SMILES string of the molecule is C=CCn1c(SCC(=O)Nc2cccc(Cl)c2)nnc1-c1ccccc1OCC. The molecule has 3 aromatic rings. The predicted octanol–water partition coefficient (Wildman–Crippen LogP) is 4.91. The van der Waals surface area contributed by atoms with Crippen LogP contribution >= 0.6 is 23.4 Å². The molecule has 0 fully saturated rings. The number of hydrogen-bond acceptors (Lipinski definition) is 5. The van der Waals surface area contributed by atoms with E-state index in [2.05, 4.69) is 22.1 Å². The fourth-order valence-electron chi connectivity index (χ4n) is 2.71. The van der Waals surface area contributed by atoms with Gasteiger partial charge in [-0.25, -0.2) is 0 Å². The van der Waals surface area contributed by atoms with Crippen molar-refractivity contribution in [2.45, 2.75) is 18.6 Å². The molecule has 0 unspecified atom stereocenters. The lowest BCUT2D eigenvalue weighted by Gasteiger charge is -2.11. The molecule has 0 atom stereocenters. The summed E-state index contributed by atoms with van der Waals surface area (Å²) < 4.78 is 7.64. The van der Waals surface area contributed by atoms with Crippen LogP contribution in [-0.2, 0) is 11.3 Å². The van der Waals surface area contributed by atoms with E-state index in [9.17, 15) is 4.79 Å². The lowest BCUT2D eigenvalue weighted by Crippen LogP contribution is -2.14. The van der Waals surface area contributed by atoms with E-state index in [1.54, 1.807) is 30.3 Å². The number of hydrogen-bond donors (Lipinski definition) is 1. The highest BCUT2D eigenvalue weighted by molar-refractivity contribution is 7.99. The number of allylic oxidation sites excluding steroid dienone is 1. The van der Waals surface area contributed by atoms with Gasteiger partial charge in [0, 0.05) is 17.3 Å². The second kappa shape index (κ2) is 10.1. The van der Waals surface area contributed by atoms with Crippen molar-refractivity contribution < 1.29 is 9.53 Å². The van der Waals surface area contributed by atoms with Gasteiger partial charge in [-0.1, -0.05) is 47.6 Å². The Kier molecular flexibility index (Phi) is 7.32. The first-order valence-corrected chi connectivity index (χ1v) is 10.4. The van der Waals surface area contributed by atoms with E-state index in [0.717, 1.165) is 11.3 Å². The van der Waals surface area contributed by atoms with Crippen molar-refractivity contribution in [3.8, 4) is 17.1 Å². The highest BCUT2D eigenvalue weighted by Gasteiger charge is 2.18. The predicted molar refractivity (Wildman–Crippen MR) is 118 cm³/mol. The number of carbonyl (C=O) groups excluding carboxylic acids is 1. The smallest absolute Gasteiger partial charge is 0.234 e. The van der Waals surface area contributed by atoms with Gasteiger partial charge in [-0.15, -0.1) is 16.8 Å². The third kappa shape index (κ3) is 5.40. The molecule has 6 nitrogen and oxygen atoms in total. The average Bonchev–Trinajstić information content (AvgIpc) is 3.10. The molecule has 0 bridgehead atoms. The number of halogens is 1. The summed E-state index contributed by atoms with van der Waals surface area (Å²) in [6, 6.07) is 14.7. The highest BCUT2D eigenvalue weighted by Crippen LogP contribution is 2.31. The lowest BCUT2D eigenvalue weighted by molar-refractivity contribution is -0.113. The van der Waals surface area contributed by atoms with Crippen LogP contribution in [-0.4, -0.2) is 33.0 Å². The van der Waals surface area contributed by atoms with Gasteiger partial charge in [0.05, 0.1) is 17.9 Å². The maximum absolute atomic E-state index is 12.3. The lowest BCUT2D eigenvalue weighted by atomic mass is 10.2. The Hall–Kier alpha value is -2.77. The Balaban J connectivity index is 1.77. The molecule has 0 aliphatic carbocycles. The van der Waals surface area contributed by atoms with Crippen molar-refractivity contribution in [3.63, 3.8) is 0 Å². The number of nitrogens with one attached hydrogen (secondary N) is 1. The van der Waals surface area contributed by atoms with Crippen LogP contribution in [0.3, 0.4) is 0 Å². The molecule has 0 radical (unpaired) electrons. The summed E-state index contributed by atoms with van der Waals surface area (Å²) in [4.78, 5) is 12.3. The third-order valence-electron chi connectivity index (χ3n) is 3.90. The fraction of sp³-hybridized carbons (Fsp3) is 0.190. The topological polar surface area (TPSA) is 69.0 Å². The quantitative estimate of drug-likeness (QED) is 0.387. The standard InChI is InChI=1S/C21H21ClN4O2S/c1-3-12-26-20(17-10-5-6-11-18(17)28-4-2)24-25-21(26)29-14-19(27)23-16-9-7-8-15(22)13-16/h3,5-11,13H,1,4,12,14H2,2H3,(H,23,27). The number of ether oxygens (including phenoxy) is 1. The first-order chi connectivity index (χ1) is 14.1. The molecule has 0 spiro atoms. The molecule has 0 aliphatic rings. The Morgan fingerprint density at radius 3 is 2.86 bits per heavy atom. The number of amides is 1. The molecule has 1 N–H and O–H groups in total. The van der Waals surface area contributed by atoms with Crippen LogP contribution < -0.4 is 10.1 Å². The Bertz CT molecular complexity index is 1010. The van der Waals surface area contributed by atoms with Gasteiger partial charge < -0.3 is 10.1 Å². The maximum Gasteiger partial charge on any atom is 0.234 e. The van der Waals surface area contributed by atoms with Crippen molar-refractivity contribution >= 4 is 35.0 Å². The Labute approximate surface area is 178 Å². The molecule has 29 heavy (non-hydrogen) atoms. The molecule has 3 rings (SSSR count). The number of carbonyl (C=O) groups is 1. The molecule has 1 heterocycles. The Morgan fingerprint density at radius 2 is 2.10 bits per heavy atom. The summed E-state index contributed by atoms with van der Waals surface area (Å²) in [6.45, 7) is 6.82. The first-order valence-electron chi connectivity index (χ1n) is 9.07. The minimum atomic E-state index is -0.151. The summed E-state index contributed by atoms with van der Waals surface area (Å²) in [5, 5.41) is 12.6. The summed E-state index contributed by atoms with van der Waals surface area (Å²) in [5.74, 6) is 1.45. The molecule has 150 valence electrons. The summed E-state index contributed by atoms with van der Waals surface area (Å²) in [7, 11) is 0. The van der Waals surface area contributed by atoms with Crippen molar-refractivity contribution in [1.29, 1.82) is 0 Å². The van der Waals surface area contributed by atoms with E-state index in [0.29, 0.717) is 34.8 Å². The van der Waals surface area contributed by atoms with Gasteiger partial charge in [0.25, 0.3) is 0 Å². The molecule has 1 amide bonds. The molecular weight excluding hydrogens is 408 g/mol. The van der Waals surface area contributed by atoms with Crippen molar-refractivity contribution in [3.05, 3.63) is 66.2 Å². The zero-order valence-electron chi connectivity index (χ0n) is 16.0. The van der Waals surface area contributed by atoms with Crippen molar-refractivity contribution in [2.75, 3.05) is 17.7 Å². The van der Waals surface area contributed by atoms with Crippen molar-refractivity contribution in [1.82, 2.24) is 14.8 Å². The molecule has 0 saturated carbocycles. The number of benzene rings is 2. The molecule has 0 aliphatic heterocycles. The zero-order valence-corrected chi connectivity index (χ0v) is 17.5. The van der Waals surface area contributed by atoms with E-state index >= 15 is 0 Å². The summed E-state index contributed by atoms with van der Waals surface area (Å²) in [6.07, 6.45) is 1.77. The van der Waals surface area contributed by atoms with E-state index in [1.807, 2.05) is 35.8 Å². The molecule has 0 saturated heterocycles. The highest BCUT2D eigenvalue weighted by atomic mass is 35.5. The Morgan fingerprint density at radius 1 is 1.28 bits per heavy atom. The number of aromatic nitrogens is 3. The summed E-state index contributed by atoms with van der Waals surface area (Å²) >= 11 is 7.26. The number of anilines is 1. The second-order valence-electron chi connectivity index (χ2n) is 5.98. The number of nitrogens with zero attached hydrogens (tertiary/aromatic N) is 3. The van der Waals surface area contributed by atoms with E-state index in [1.165, 1.54) is 11.8 Å². The van der Waals surface area contributed by atoms with Gasteiger partial charge in [-0.05, 0) is 37.3 Å². The molecule has 1 aromatic heterocycles. The minimum Gasteiger partial charge on any atom is -0.493 e. The normalized spacial score (nSPS) is 10.6. The molecule has 2 aromatic carbocycles. The largest absolute Gasteiger partial charge is 0.493 e. The van der Waals surface area contributed by atoms with Crippen LogP contribution in [0.2, 0.25) is 5.02 Å². The van der Waals surface area contributed by atoms with Gasteiger partial charge in [0.2, 0.25) is 5.91 Å². The van der Waals surface area contributed by atoms with Gasteiger partial charge in [-0.2, -0.15) is 0 Å². The number of thioether (sulfide) groups is 1. The zero-order chi connectivity index (χ0) is 20.6. The maximum atomic E-state index is 12.3. The van der Waals surface area contributed by atoms with Crippen LogP contribution in [0.1, 0.15) is 6.92 Å².